The van der Waals surface area contributed by atoms with Crippen molar-refractivity contribution in [3.8, 4) is 5.95 Å². The van der Waals surface area contributed by atoms with Crippen molar-refractivity contribution in [3.05, 3.63) is 35.3 Å². The summed E-state index contributed by atoms with van der Waals surface area (Å²) in [6, 6.07) is 5.30. The van der Waals surface area contributed by atoms with Crippen LogP contribution in [-0.2, 0) is 19.6 Å². The minimum absolute atomic E-state index is 0.237. The maximum Gasteiger partial charge on any atom is 0.287 e. The lowest BCUT2D eigenvalue weighted by Crippen LogP contribution is -2.27. The second-order valence-electron chi connectivity index (χ2n) is 6.84. The van der Waals surface area contributed by atoms with Crippen molar-refractivity contribution in [2.75, 3.05) is 20.2 Å². The average Bonchev–Trinajstić information content (AvgIpc) is 3.15. The van der Waals surface area contributed by atoms with E-state index < -0.39 is 0 Å². The first-order chi connectivity index (χ1) is 12.0. The summed E-state index contributed by atoms with van der Waals surface area (Å²) < 4.78 is 12.3. The highest BCUT2D eigenvalue weighted by molar-refractivity contribution is 5.91. The standard InChI is InChI=1S/C18H26N4O3/c1-13(2)11-21-7-4-8-22-15(12-21)9-14(20-22)10-19-18(23)16-5-6-17(24-3)25-16/h5-6,9,13H,4,7-8,10-12H2,1-3H3,(H,19,23). The van der Waals surface area contributed by atoms with E-state index in [2.05, 4.69) is 39.9 Å². The van der Waals surface area contributed by atoms with Crippen LogP contribution in [0.5, 0.6) is 5.95 Å². The van der Waals surface area contributed by atoms with Crippen LogP contribution in [0.4, 0.5) is 0 Å². The molecule has 0 aromatic carbocycles. The number of fused-ring (bicyclic) bond motifs is 1. The lowest BCUT2D eigenvalue weighted by molar-refractivity contribution is 0.0916. The van der Waals surface area contributed by atoms with Crippen LogP contribution in [0, 0.1) is 5.92 Å². The molecule has 136 valence electrons. The first-order valence-corrected chi connectivity index (χ1v) is 8.75. The lowest BCUT2D eigenvalue weighted by atomic mass is 10.2. The Balaban J connectivity index is 1.60. The molecule has 0 saturated heterocycles. The van der Waals surface area contributed by atoms with Gasteiger partial charge in [-0.05, 0) is 24.5 Å². The summed E-state index contributed by atoms with van der Waals surface area (Å²) in [5.41, 5.74) is 2.08. The normalized spacial score (nSPS) is 15.0. The molecular formula is C18H26N4O3. The molecular weight excluding hydrogens is 320 g/mol. The van der Waals surface area contributed by atoms with Crippen molar-refractivity contribution in [2.45, 2.75) is 39.9 Å². The number of amides is 1. The van der Waals surface area contributed by atoms with Crippen molar-refractivity contribution < 1.29 is 13.9 Å². The van der Waals surface area contributed by atoms with Gasteiger partial charge in [0.25, 0.3) is 11.9 Å². The number of hydrogen-bond acceptors (Lipinski definition) is 5. The quantitative estimate of drug-likeness (QED) is 0.869. The van der Waals surface area contributed by atoms with E-state index in [0.29, 0.717) is 18.4 Å². The molecule has 0 radical (unpaired) electrons. The van der Waals surface area contributed by atoms with E-state index in [9.17, 15) is 4.79 Å². The third-order valence-electron chi connectivity index (χ3n) is 4.20. The molecule has 0 atom stereocenters. The fraction of sp³-hybridized carbons (Fsp3) is 0.556. The fourth-order valence-corrected chi connectivity index (χ4v) is 3.16. The second kappa shape index (κ2) is 7.74. The molecule has 0 spiro atoms. The molecule has 0 unspecified atom stereocenters. The van der Waals surface area contributed by atoms with Gasteiger partial charge < -0.3 is 14.5 Å². The van der Waals surface area contributed by atoms with Gasteiger partial charge in [0.15, 0.2) is 5.76 Å². The number of furan rings is 1. The SMILES string of the molecule is COc1ccc(C(=O)NCc2cc3n(n2)CCCN(CC(C)C)C3)o1. The molecule has 1 aliphatic heterocycles. The zero-order valence-electron chi connectivity index (χ0n) is 15.1. The molecule has 1 aliphatic rings. The average molecular weight is 346 g/mol. The molecule has 1 N–H and O–H groups in total. The summed E-state index contributed by atoms with van der Waals surface area (Å²) in [6.07, 6.45) is 1.10. The van der Waals surface area contributed by atoms with Crippen molar-refractivity contribution >= 4 is 5.91 Å². The molecule has 7 nitrogen and oxygen atoms in total. The molecule has 2 aromatic rings. The zero-order valence-corrected chi connectivity index (χ0v) is 15.1. The van der Waals surface area contributed by atoms with Crippen LogP contribution >= 0.6 is 0 Å². The van der Waals surface area contributed by atoms with Gasteiger partial charge in [-0.1, -0.05) is 13.8 Å². The Kier molecular flexibility index (Phi) is 5.43. The highest BCUT2D eigenvalue weighted by atomic mass is 16.6. The van der Waals surface area contributed by atoms with Crippen molar-refractivity contribution in [3.63, 3.8) is 0 Å². The van der Waals surface area contributed by atoms with E-state index in [1.54, 1.807) is 12.1 Å². The van der Waals surface area contributed by atoms with Gasteiger partial charge in [0.2, 0.25) is 0 Å². The van der Waals surface area contributed by atoms with Gasteiger partial charge in [0.05, 0.1) is 25.0 Å². The number of carbonyl (C=O) groups is 1. The van der Waals surface area contributed by atoms with Crippen LogP contribution in [-0.4, -0.2) is 40.8 Å². The number of methoxy groups -OCH3 is 1. The minimum atomic E-state index is -0.270. The monoisotopic (exact) mass is 346 g/mol. The number of aryl methyl sites for hydroxylation is 1. The maximum atomic E-state index is 12.1. The van der Waals surface area contributed by atoms with Crippen molar-refractivity contribution in [1.29, 1.82) is 0 Å². The summed E-state index contributed by atoms with van der Waals surface area (Å²) >= 11 is 0. The van der Waals surface area contributed by atoms with E-state index >= 15 is 0 Å². The van der Waals surface area contributed by atoms with E-state index in [1.165, 1.54) is 12.8 Å². The number of rotatable bonds is 6. The molecule has 0 aliphatic carbocycles. The minimum Gasteiger partial charge on any atom is -0.468 e. The number of aromatic nitrogens is 2. The van der Waals surface area contributed by atoms with Gasteiger partial charge >= 0.3 is 0 Å². The number of hydrogen-bond donors (Lipinski definition) is 1. The van der Waals surface area contributed by atoms with Crippen LogP contribution in [0.3, 0.4) is 0 Å². The summed E-state index contributed by atoms with van der Waals surface area (Å²) in [6.45, 7) is 8.90. The largest absolute Gasteiger partial charge is 0.468 e. The first kappa shape index (κ1) is 17.5. The Morgan fingerprint density at radius 2 is 2.24 bits per heavy atom. The summed E-state index contributed by atoms with van der Waals surface area (Å²) in [7, 11) is 1.50. The Morgan fingerprint density at radius 3 is 2.96 bits per heavy atom. The Bertz CT molecular complexity index is 720. The zero-order chi connectivity index (χ0) is 17.8. The maximum absolute atomic E-state index is 12.1. The molecule has 0 bridgehead atoms. The number of ether oxygens (including phenoxy) is 1. The van der Waals surface area contributed by atoms with Crippen LogP contribution in [0.15, 0.2) is 22.6 Å². The molecule has 3 rings (SSSR count). The summed E-state index contributed by atoms with van der Waals surface area (Å²) in [4.78, 5) is 14.6. The van der Waals surface area contributed by atoms with E-state index in [4.69, 9.17) is 9.15 Å². The summed E-state index contributed by atoms with van der Waals surface area (Å²) in [5, 5.41) is 7.47. The van der Waals surface area contributed by atoms with Gasteiger partial charge in [0.1, 0.15) is 0 Å². The van der Waals surface area contributed by atoms with Crippen LogP contribution in [0.1, 0.15) is 42.2 Å². The molecule has 0 saturated carbocycles. The number of nitrogens with zero attached hydrogens (tertiary/aromatic N) is 3. The predicted octanol–water partition coefficient (Wildman–Crippen LogP) is 2.28. The highest BCUT2D eigenvalue weighted by Gasteiger charge is 2.18. The smallest absolute Gasteiger partial charge is 0.287 e. The second-order valence-corrected chi connectivity index (χ2v) is 6.84. The predicted molar refractivity (Wildman–Crippen MR) is 93.4 cm³/mol. The first-order valence-electron chi connectivity index (χ1n) is 8.75. The molecule has 1 amide bonds. The number of nitrogens with one attached hydrogen (secondary N) is 1. The Hall–Kier alpha value is -2.28. The molecule has 0 fully saturated rings. The molecule has 7 heteroatoms. The lowest BCUT2D eigenvalue weighted by Gasteiger charge is -2.21. The third-order valence-corrected chi connectivity index (χ3v) is 4.20. The van der Waals surface area contributed by atoms with Gasteiger partial charge in [-0.3, -0.25) is 14.4 Å². The fourth-order valence-electron chi connectivity index (χ4n) is 3.16. The van der Waals surface area contributed by atoms with Gasteiger partial charge in [-0.15, -0.1) is 0 Å². The molecule has 2 aromatic heterocycles. The van der Waals surface area contributed by atoms with Crippen molar-refractivity contribution in [1.82, 2.24) is 20.0 Å². The van der Waals surface area contributed by atoms with Gasteiger partial charge in [-0.25, -0.2) is 0 Å². The van der Waals surface area contributed by atoms with Crippen LogP contribution in [0.25, 0.3) is 0 Å². The Morgan fingerprint density at radius 1 is 1.40 bits per heavy atom. The van der Waals surface area contributed by atoms with E-state index in [-0.39, 0.29) is 11.7 Å². The summed E-state index contributed by atoms with van der Waals surface area (Å²) in [5.74, 6) is 0.941. The van der Waals surface area contributed by atoms with E-state index in [1.807, 2.05) is 0 Å². The van der Waals surface area contributed by atoms with Gasteiger partial charge in [-0.2, -0.15) is 5.10 Å². The molecule has 25 heavy (non-hydrogen) atoms. The van der Waals surface area contributed by atoms with Crippen LogP contribution in [0.2, 0.25) is 0 Å². The number of carbonyl (C=O) groups excluding carboxylic acids is 1. The third kappa shape index (κ3) is 4.42. The highest BCUT2D eigenvalue weighted by Crippen LogP contribution is 2.16. The van der Waals surface area contributed by atoms with Crippen molar-refractivity contribution in [2.24, 2.45) is 5.92 Å². The van der Waals surface area contributed by atoms with E-state index in [0.717, 1.165) is 38.3 Å². The Labute approximate surface area is 147 Å². The topological polar surface area (TPSA) is 72.5 Å². The molecule has 3 heterocycles. The van der Waals surface area contributed by atoms with Crippen LogP contribution < -0.4 is 10.1 Å². The van der Waals surface area contributed by atoms with Gasteiger partial charge in [0, 0.05) is 32.2 Å².